The molecule has 1 aromatic carbocycles. The first-order valence-corrected chi connectivity index (χ1v) is 14.8. The third-order valence-electron chi connectivity index (χ3n) is 7.84. The van der Waals surface area contributed by atoms with Gasteiger partial charge in [-0.2, -0.15) is 0 Å². The highest BCUT2D eigenvalue weighted by atomic mass is 16.6. The summed E-state index contributed by atoms with van der Waals surface area (Å²) in [6.45, 7) is 16.9. The third-order valence-corrected chi connectivity index (χ3v) is 7.84. The zero-order chi connectivity index (χ0) is 31.0. The molecule has 5 atom stereocenters. The van der Waals surface area contributed by atoms with Gasteiger partial charge in [0.15, 0.2) is 12.4 Å². The molecule has 1 aliphatic rings. The molecular formula is C34H50O7. The predicted octanol–water partition coefficient (Wildman–Crippen LogP) is 6.76. The molecule has 0 unspecified atom stereocenters. The Morgan fingerprint density at radius 2 is 1.39 bits per heavy atom. The minimum Gasteiger partial charge on any atom is -0.459 e. The Labute approximate surface area is 246 Å². The van der Waals surface area contributed by atoms with Gasteiger partial charge in [-0.3, -0.25) is 14.4 Å². The average Bonchev–Trinajstić information content (AvgIpc) is 2.88. The van der Waals surface area contributed by atoms with E-state index < -0.39 is 40.9 Å². The largest absolute Gasteiger partial charge is 0.459 e. The number of carbonyl (C=O) groups is 4. The molecule has 0 bridgehead atoms. The summed E-state index contributed by atoms with van der Waals surface area (Å²) in [6, 6.07) is 10.3. The number of carbonyl (C=O) groups excluding carboxylic acids is 4. The van der Waals surface area contributed by atoms with E-state index in [2.05, 4.69) is 32.9 Å². The van der Waals surface area contributed by atoms with E-state index in [0.29, 0.717) is 12.2 Å². The van der Waals surface area contributed by atoms with Gasteiger partial charge in [0.2, 0.25) is 0 Å². The van der Waals surface area contributed by atoms with Crippen LogP contribution in [0.25, 0.3) is 0 Å². The first kappa shape index (κ1) is 34.2. The van der Waals surface area contributed by atoms with Gasteiger partial charge in [-0.1, -0.05) is 57.5 Å². The Kier molecular flexibility index (Phi) is 11.9. The van der Waals surface area contributed by atoms with Crippen molar-refractivity contribution < 1.29 is 33.4 Å². The van der Waals surface area contributed by atoms with E-state index in [-0.39, 0.29) is 30.3 Å². The molecule has 7 heteroatoms. The van der Waals surface area contributed by atoms with E-state index in [1.54, 1.807) is 41.5 Å². The third kappa shape index (κ3) is 10.4. The predicted molar refractivity (Wildman–Crippen MR) is 159 cm³/mol. The van der Waals surface area contributed by atoms with E-state index in [1.165, 1.54) is 17.7 Å². The van der Waals surface area contributed by atoms with Gasteiger partial charge in [-0.25, -0.2) is 4.79 Å². The first-order chi connectivity index (χ1) is 18.9. The molecule has 0 aromatic heterocycles. The van der Waals surface area contributed by atoms with Gasteiger partial charge >= 0.3 is 17.9 Å². The van der Waals surface area contributed by atoms with Crippen LogP contribution in [0.3, 0.4) is 0 Å². The van der Waals surface area contributed by atoms with Crippen LogP contribution >= 0.6 is 0 Å². The van der Waals surface area contributed by atoms with Gasteiger partial charge in [0.05, 0.1) is 10.8 Å². The van der Waals surface area contributed by atoms with Crippen LogP contribution in [0.1, 0.15) is 100.0 Å². The van der Waals surface area contributed by atoms with Gasteiger partial charge < -0.3 is 14.2 Å². The first-order valence-electron chi connectivity index (χ1n) is 14.8. The van der Waals surface area contributed by atoms with Crippen LogP contribution in [-0.2, 0) is 38.8 Å². The lowest BCUT2D eigenvalue weighted by atomic mass is 9.64. The van der Waals surface area contributed by atoms with Gasteiger partial charge in [0, 0.05) is 12.0 Å². The summed E-state index contributed by atoms with van der Waals surface area (Å²) in [5, 5.41) is 0. The number of hydrogen-bond acceptors (Lipinski definition) is 7. The van der Waals surface area contributed by atoms with Crippen LogP contribution in [0.4, 0.5) is 0 Å². The second kappa shape index (κ2) is 14.3. The topological polar surface area (TPSA) is 96.0 Å². The fourth-order valence-electron chi connectivity index (χ4n) is 5.05. The van der Waals surface area contributed by atoms with Crippen LogP contribution in [0.15, 0.2) is 42.5 Å². The molecule has 0 amide bonds. The summed E-state index contributed by atoms with van der Waals surface area (Å²) in [4.78, 5) is 49.6. The fraction of sp³-hybridized carbons (Fsp3) is 0.647. The molecule has 0 heterocycles. The lowest BCUT2D eigenvalue weighted by molar-refractivity contribution is -0.162. The Balaban J connectivity index is 2.17. The lowest BCUT2D eigenvalue weighted by Gasteiger charge is -2.43. The molecule has 0 spiro atoms. The average molecular weight is 571 g/mol. The van der Waals surface area contributed by atoms with Crippen molar-refractivity contribution in [3.63, 3.8) is 0 Å². The number of hydrogen-bond donors (Lipinski definition) is 0. The molecule has 41 heavy (non-hydrogen) atoms. The Hall–Kier alpha value is -2.96. The summed E-state index contributed by atoms with van der Waals surface area (Å²) in [5.41, 5.74) is -0.492. The summed E-state index contributed by atoms with van der Waals surface area (Å²) in [5.74, 6) is -0.844. The zero-order valence-electron chi connectivity index (χ0n) is 26.4. The number of aldehydes is 1. The molecule has 1 aromatic rings. The molecule has 0 aliphatic heterocycles. The van der Waals surface area contributed by atoms with E-state index >= 15 is 0 Å². The molecule has 1 aliphatic carbocycles. The molecule has 1 fully saturated rings. The normalized spacial score (nSPS) is 21.5. The number of rotatable bonds is 11. The lowest BCUT2D eigenvalue weighted by Crippen LogP contribution is -2.43. The van der Waals surface area contributed by atoms with Crippen LogP contribution < -0.4 is 0 Å². The van der Waals surface area contributed by atoms with Crippen LogP contribution in [-0.4, -0.2) is 42.5 Å². The van der Waals surface area contributed by atoms with Crippen molar-refractivity contribution in [2.75, 3.05) is 0 Å². The fourth-order valence-corrected chi connectivity index (χ4v) is 5.05. The summed E-state index contributed by atoms with van der Waals surface area (Å²) >= 11 is 0. The molecule has 0 saturated heterocycles. The van der Waals surface area contributed by atoms with Gasteiger partial charge in [0.25, 0.3) is 0 Å². The molecule has 0 N–H and O–H groups in total. The quantitative estimate of drug-likeness (QED) is 0.125. The van der Waals surface area contributed by atoms with Crippen molar-refractivity contribution in [1.82, 2.24) is 0 Å². The summed E-state index contributed by atoms with van der Waals surface area (Å²) in [7, 11) is 0. The van der Waals surface area contributed by atoms with Crippen molar-refractivity contribution in [1.29, 1.82) is 0 Å². The molecule has 0 radical (unpaired) electrons. The van der Waals surface area contributed by atoms with Crippen LogP contribution in [0.2, 0.25) is 0 Å². The minimum absolute atomic E-state index is 0.139. The molecule has 1 saturated carbocycles. The molecule has 7 nitrogen and oxygen atoms in total. The highest BCUT2D eigenvalue weighted by Crippen LogP contribution is 2.43. The zero-order valence-corrected chi connectivity index (χ0v) is 26.4. The van der Waals surface area contributed by atoms with E-state index in [4.69, 9.17) is 14.2 Å². The standard InChI is InChI=1S/C34H50O7/c1-23-15-19-27(34(8,9)24-13-11-10-12-14-24)28(21-23)41-29(36)20-18-25(39-30(37)32(2,3)4)16-17-26(22-35)40-31(38)33(5,6)7/h10-14,18,20,22-23,25-28H,15-17,19,21H2,1-9H3/b20-18-/t23-,25+,26-,27-,28-/m1/s1. The van der Waals surface area contributed by atoms with Crippen molar-refractivity contribution in [2.24, 2.45) is 22.7 Å². The van der Waals surface area contributed by atoms with Gasteiger partial charge in [0.1, 0.15) is 12.2 Å². The smallest absolute Gasteiger partial charge is 0.330 e. The Bertz CT molecular complexity index is 1060. The number of esters is 3. The van der Waals surface area contributed by atoms with E-state index in [1.807, 2.05) is 18.2 Å². The number of benzene rings is 1. The van der Waals surface area contributed by atoms with Crippen molar-refractivity contribution >= 4 is 24.2 Å². The van der Waals surface area contributed by atoms with Crippen LogP contribution in [0, 0.1) is 22.7 Å². The van der Waals surface area contributed by atoms with Crippen molar-refractivity contribution in [3.8, 4) is 0 Å². The second-order valence-corrected chi connectivity index (χ2v) is 14.0. The maximum Gasteiger partial charge on any atom is 0.330 e. The second-order valence-electron chi connectivity index (χ2n) is 14.0. The summed E-state index contributed by atoms with van der Waals surface area (Å²) in [6.07, 6.45) is 4.49. The molecular weight excluding hydrogens is 520 g/mol. The van der Waals surface area contributed by atoms with Gasteiger partial charge in [-0.15, -0.1) is 0 Å². The summed E-state index contributed by atoms with van der Waals surface area (Å²) < 4.78 is 17.1. The van der Waals surface area contributed by atoms with Gasteiger partial charge in [-0.05, 0) is 90.2 Å². The van der Waals surface area contributed by atoms with Crippen molar-refractivity contribution in [2.45, 2.75) is 118 Å². The maximum absolute atomic E-state index is 13.1. The Morgan fingerprint density at radius 1 is 0.854 bits per heavy atom. The monoisotopic (exact) mass is 570 g/mol. The SMILES string of the molecule is C[C@@H]1CC[C@@H](C(C)(C)c2ccccc2)[C@H](OC(=O)/C=C\[C@H](CC[C@H](C=O)OC(=O)C(C)(C)C)OC(=O)C(C)(C)C)C1. The maximum atomic E-state index is 13.1. The van der Waals surface area contributed by atoms with Crippen molar-refractivity contribution in [3.05, 3.63) is 48.0 Å². The number of ether oxygens (including phenoxy) is 3. The van der Waals surface area contributed by atoms with E-state index in [9.17, 15) is 19.2 Å². The highest BCUT2D eigenvalue weighted by molar-refractivity contribution is 5.82. The minimum atomic E-state index is -0.984. The van der Waals surface area contributed by atoms with Crippen LogP contribution in [0.5, 0.6) is 0 Å². The highest BCUT2D eigenvalue weighted by Gasteiger charge is 2.41. The molecule has 228 valence electrons. The Morgan fingerprint density at radius 3 is 1.93 bits per heavy atom. The van der Waals surface area contributed by atoms with E-state index in [0.717, 1.165) is 19.3 Å². The molecule has 2 rings (SSSR count).